The maximum atomic E-state index is 5.54. The number of rotatable bonds is 5. The summed E-state index contributed by atoms with van der Waals surface area (Å²) in [6.45, 7) is 0. The smallest absolute Gasteiger partial charge is 0.0809 e. The molecule has 0 spiro atoms. The molecule has 0 atom stereocenters. The second-order valence-corrected chi connectivity index (χ2v) is 15.4. The van der Waals surface area contributed by atoms with E-state index in [1.54, 1.807) is 0 Å². The number of hydrogen-bond acceptors (Lipinski definition) is 1. The highest BCUT2D eigenvalue weighted by Crippen LogP contribution is 2.56. The molecule has 9 aromatic carbocycles. The third-order valence-electron chi connectivity index (χ3n) is 12.4. The lowest BCUT2D eigenvalue weighted by atomic mass is 9.67. The first-order valence-corrected chi connectivity index (χ1v) is 20.1. The summed E-state index contributed by atoms with van der Waals surface area (Å²) in [5.74, 6) is 0. The Bertz CT molecular complexity index is 3340. The molecule has 0 unspecified atom stereocenters. The third kappa shape index (κ3) is 4.63. The summed E-state index contributed by atoms with van der Waals surface area (Å²) < 4.78 is 2.43. The average Bonchev–Trinajstić information content (AvgIpc) is 3.80. The Balaban J connectivity index is 1.13. The zero-order valence-electron chi connectivity index (χ0n) is 31.7. The number of aromatic nitrogens is 2. The van der Waals surface area contributed by atoms with E-state index in [1.165, 1.54) is 66.1 Å². The van der Waals surface area contributed by atoms with Crippen LogP contribution in [-0.4, -0.2) is 9.55 Å². The minimum atomic E-state index is -0.464. The lowest BCUT2D eigenvalue weighted by Crippen LogP contribution is -2.28. The predicted molar refractivity (Wildman–Crippen MR) is 242 cm³/mol. The van der Waals surface area contributed by atoms with Crippen molar-refractivity contribution in [1.29, 1.82) is 0 Å². The monoisotopic (exact) mass is 736 g/mol. The van der Waals surface area contributed by atoms with Gasteiger partial charge in [0.1, 0.15) is 0 Å². The van der Waals surface area contributed by atoms with Crippen molar-refractivity contribution < 1.29 is 0 Å². The Morgan fingerprint density at radius 1 is 0.379 bits per heavy atom. The van der Waals surface area contributed by atoms with Crippen molar-refractivity contribution in [2.24, 2.45) is 0 Å². The van der Waals surface area contributed by atoms with Crippen molar-refractivity contribution in [2.75, 3.05) is 0 Å². The number of nitrogens with zero attached hydrogens (tertiary/aromatic N) is 2. The van der Waals surface area contributed by atoms with Crippen LogP contribution in [-0.2, 0) is 5.41 Å². The molecule has 2 heteroatoms. The first-order chi connectivity index (χ1) is 28.8. The van der Waals surface area contributed by atoms with Crippen molar-refractivity contribution >= 4 is 43.5 Å². The summed E-state index contributed by atoms with van der Waals surface area (Å²) in [5, 5.41) is 5.96. The highest BCUT2D eigenvalue weighted by Gasteiger charge is 2.46. The standard InChI is InChI=1S/C56H36N2/c1-4-19-40(20-5-1)56(41-21-6-2-7-22-41)49-28-13-10-25-43(49)44-32-31-38(36-50(44)56)37-17-16-18-39(35-37)54-53-47(45-26-11-14-29-51(45)57-54)33-34-48-46-27-12-15-30-52(46)58(55(48)53)42-23-8-3-9-24-42/h1-36H. The van der Waals surface area contributed by atoms with E-state index < -0.39 is 5.41 Å². The van der Waals surface area contributed by atoms with Crippen molar-refractivity contribution in [3.63, 3.8) is 0 Å². The van der Waals surface area contributed by atoms with Crippen LogP contribution in [0.25, 0.3) is 82.7 Å². The molecule has 11 aromatic rings. The van der Waals surface area contributed by atoms with Crippen molar-refractivity contribution in [1.82, 2.24) is 9.55 Å². The summed E-state index contributed by atoms with van der Waals surface area (Å²) in [5.41, 5.74) is 16.1. The van der Waals surface area contributed by atoms with E-state index in [1.807, 2.05) is 0 Å². The van der Waals surface area contributed by atoms with Crippen molar-refractivity contribution in [3.8, 4) is 39.2 Å². The largest absolute Gasteiger partial charge is 0.309 e. The van der Waals surface area contributed by atoms with Gasteiger partial charge in [0, 0.05) is 32.8 Å². The topological polar surface area (TPSA) is 17.8 Å². The van der Waals surface area contributed by atoms with Gasteiger partial charge in [0.15, 0.2) is 0 Å². The molecule has 0 amide bonds. The lowest BCUT2D eigenvalue weighted by molar-refractivity contribution is 0.769. The van der Waals surface area contributed by atoms with E-state index in [0.29, 0.717) is 0 Å². The highest BCUT2D eigenvalue weighted by molar-refractivity contribution is 6.25. The molecule has 58 heavy (non-hydrogen) atoms. The maximum absolute atomic E-state index is 5.54. The van der Waals surface area contributed by atoms with Crippen LogP contribution in [0, 0.1) is 0 Å². The second-order valence-electron chi connectivity index (χ2n) is 15.4. The molecule has 0 fully saturated rings. The molecular formula is C56H36N2. The van der Waals surface area contributed by atoms with Crippen LogP contribution < -0.4 is 0 Å². The summed E-state index contributed by atoms with van der Waals surface area (Å²) in [6, 6.07) is 79.8. The normalized spacial score (nSPS) is 13.0. The summed E-state index contributed by atoms with van der Waals surface area (Å²) in [6.07, 6.45) is 0. The molecule has 1 aliphatic rings. The SMILES string of the molecule is c1ccc(-n2c3ccccc3c3ccc4c5ccccc5nc(-c5cccc(-c6ccc7c(c6)C(c6ccccc6)(c6ccccc6)c6ccccc6-7)c5)c4c32)cc1. The van der Waals surface area contributed by atoms with Gasteiger partial charge in [-0.25, -0.2) is 4.98 Å². The molecule has 0 radical (unpaired) electrons. The number of para-hydroxylation sites is 3. The molecule has 1 aliphatic carbocycles. The Labute approximate surface area is 336 Å². The van der Waals surface area contributed by atoms with E-state index in [2.05, 4.69) is 223 Å². The number of hydrogen-bond donors (Lipinski definition) is 0. The zero-order chi connectivity index (χ0) is 38.2. The molecule has 2 nitrogen and oxygen atoms in total. The Kier molecular flexibility index (Phi) is 7.18. The minimum Gasteiger partial charge on any atom is -0.309 e. The number of fused-ring (bicyclic) bond motifs is 10. The van der Waals surface area contributed by atoms with E-state index in [9.17, 15) is 0 Å². The second kappa shape index (κ2) is 12.7. The summed E-state index contributed by atoms with van der Waals surface area (Å²) in [4.78, 5) is 5.54. The highest BCUT2D eigenvalue weighted by atomic mass is 15.0. The van der Waals surface area contributed by atoms with E-state index in [0.717, 1.165) is 38.8 Å². The first-order valence-electron chi connectivity index (χ1n) is 20.1. The maximum Gasteiger partial charge on any atom is 0.0809 e. The predicted octanol–water partition coefficient (Wildman–Crippen LogP) is 14.2. The van der Waals surface area contributed by atoms with Crippen molar-refractivity contribution in [3.05, 3.63) is 241 Å². The average molecular weight is 737 g/mol. The fourth-order valence-electron chi connectivity index (χ4n) is 10.0. The molecule has 0 saturated heterocycles. The van der Waals surface area contributed by atoms with Crippen LogP contribution in [0.1, 0.15) is 22.3 Å². The van der Waals surface area contributed by atoms with E-state index >= 15 is 0 Å². The summed E-state index contributed by atoms with van der Waals surface area (Å²) >= 11 is 0. The number of benzene rings is 9. The molecule has 0 bridgehead atoms. The van der Waals surface area contributed by atoms with Gasteiger partial charge in [-0.1, -0.05) is 182 Å². The van der Waals surface area contributed by atoms with Gasteiger partial charge in [-0.15, -0.1) is 0 Å². The van der Waals surface area contributed by atoms with Gasteiger partial charge in [0.25, 0.3) is 0 Å². The molecule has 0 saturated carbocycles. The zero-order valence-corrected chi connectivity index (χ0v) is 31.7. The molecule has 2 aromatic heterocycles. The van der Waals surface area contributed by atoms with Crippen LogP contribution in [0.5, 0.6) is 0 Å². The molecule has 2 heterocycles. The fraction of sp³-hybridized carbons (Fsp3) is 0.0179. The van der Waals surface area contributed by atoms with Crippen LogP contribution >= 0.6 is 0 Å². The molecule has 0 N–H and O–H groups in total. The summed E-state index contributed by atoms with van der Waals surface area (Å²) in [7, 11) is 0. The molecular weight excluding hydrogens is 701 g/mol. The fourth-order valence-corrected chi connectivity index (χ4v) is 10.0. The van der Waals surface area contributed by atoms with Crippen LogP contribution in [0.3, 0.4) is 0 Å². The molecule has 0 aliphatic heterocycles. The minimum absolute atomic E-state index is 0.464. The Morgan fingerprint density at radius 2 is 0.983 bits per heavy atom. The molecule has 270 valence electrons. The quantitative estimate of drug-likeness (QED) is 0.161. The van der Waals surface area contributed by atoms with Crippen molar-refractivity contribution in [2.45, 2.75) is 5.41 Å². The van der Waals surface area contributed by atoms with E-state index in [4.69, 9.17) is 4.98 Å². The Morgan fingerprint density at radius 3 is 1.78 bits per heavy atom. The van der Waals surface area contributed by atoms with Gasteiger partial charge < -0.3 is 4.57 Å². The third-order valence-corrected chi connectivity index (χ3v) is 12.4. The van der Waals surface area contributed by atoms with Gasteiger partial charge in [-0.2, -0.15) is 0 Å². The van der Waals surface area contributed by atoms with Gasteiger partial charge in [-0.05, 0) is 86.3 Å². The van der Waals surface area contributed by atoms with Gasteiger partial charge in [0.05, 0.1) is 27.7 Å². The first kappa shape index (κ1) is 32.7. The number of pyridine rings is 1. The van der Waals surface area contributed by atoms with Gasteiger partial charge in [0.2, 0.25) is 0 Å². The lowest BCUT2D eigenvalue weighted by Gasteiger charge is -2.34. The van der Waals surface area contributed by atoms with Gasteiger partial charge >= 0.3 is 0 Å². The van der Waals surface area contributed by atoms with Crippen LogP contribution in [0.2, 0.25) is 0 Å². The van der Waals surface area contributed by atoms with E-state index in [-0.39, 0.29) is 0 Å². The van der Waals surface area contributed by atoms with Crippen LogP contribution in [0.4, 0.5) is 0 Å². The van der Waals surface area contributed by atoms with Crippen LogP contribution in [0.15, 0.2) is 218 Å². The van der Waals surface area contributed by atoms with Gasteiger partial charge in [-0.3, -0.25) is 0 Å². The molecule has 12 rings (SSSR count). The Hall–Kier alpha value is -7.55.